The van der Waals surface area contributed by atoms with Crippen molar-refractivity contribution >= 4 is 11.6 Å². The summed E-state index contributed by atoms with van der Waals surface area (Å²) >= 11 is 0. The second kappa shape index (κ2) is 6.20. The molecule has 1 aliphatic rings. The number of benzene rings is 1. The second-order valence-electron chi connectivity index (χ2n) is 5.53. The summed E-state index contributed by atoms with van der Waals surface area (Å²) in [5, 5.41) is 3.09. The molecule has 2 rings (SSSR count). The zero-order chi connectivity index (χ0) is 13.8. The van der Waals surface area contributed by atoms with Gasteiger partial charge in [0, 0.05) is 5.69 Å². The van der Waals surface area contributed by atoms with Gasteiger partial charge in [0.1, 0.15) is 0 Å². The number of para-hydroxylation sites is 1. The molecule has 0 aromatic heterocycles. The van der Waals surface area contributed by atoms with Gasteiger partial charge in [-0.15, -0.1) is 0 Å². The zero-order valence-electron chi connectivity index (χ0n) is 12.2. The highest BCUT2D eigenvalue weighted by Gasteiger charge is 2.23. The molecule has 104 valence electrons. The predicted molar refractivity (Wildman–Crippen MR) is 79.4 cm³/mol. The molecule has 3 heteroatoms. The molecule has 0 unspecified atom stereocenters. The molecule has 0 saturated carbocycles. The molecule has 0 aliphatic carbocycles. The van der Waals surface area contributed by atoms with Crippen molar-refractivity contribution in [2.45, 2.75) is 46.1 Å². The largest absolute Gasteiger partial charge is 0.324 e. The molecule has 0 bridgehead atoms. The van der Waals surface area contributed by atoms with Gasteiger partial charge in [0.2, 0.25) is 5.91 Å². The molecule has 1 saturated heterocycles. The summed E-state index contributed by atoms with van der Waals surface area (Å²) in [4.78, 5) is 14.6. The maximum Gasteiger partial charge on any atom is 0.241 e. The lowest BCUT2D eigenvalue weighted by atomic mass is 10.1. The smallest absolute Gasteiger partial charge is 0.241 e. The Morgan fingerprint density at radius 3 is 2.32 bits per heavy atom. The zero-order valence-corrected chi connectivity index (χ0v) is 12.2. The van der Waals surface area contributed by atoms with E-state index in [1.54, 1.807) is 0 Å². The summed E-state index contributed by atoms with van der Waals surface area (Å²) in [7, 11) is 0. The number of hydrogen-bond acceptors (Lipinski definition) is 2. The normalized spacial score (nSPS) is 18.1. The van der Waals surface area contributed by atoms with Crippen molar-refractivity contribution in [2.75, 3.05) is 18.4 Å². The minimum atomic E-state index is -0.0423. The van der Waals surface area contributed by atoms with Crippen LogP contribution in [0, 0.1) is 13.8 Å². The molecular weight excluding hydrogens is 236 g/mol. The van der Waals surface area contributed by atoms with E-state index in [4.69, 9.17) is 0 Å². The molecule has 1 aliphatic heterocycles. The van der Waals surface area contributed by atoms with E-state index in [1.807, 2.05) is 39.0 Å². The average molecular weight is 260 g/mol. The molecule has 0 spiro atoms. The quantitative estimate of drug-likeness (QED) is 0.905. The van der Waals surface area contributed by atoms with E-state index in [9.17, 15) is 4.79 Å². The van der Waals surface area contributed by atoms with Crippen molar-refractivity contribution < 1.29 is 4.79 Å². The summed E-state index contributed by atoms with van der Waals surface area (Å²) < 4.78 is 0. The Bertz CT molecular complexity index is 430. The number of likely N-dealkylation sites (tertiary alicyclic amines) is 1. The van der Waals surface area contributed by atoms with Gasteiger partial charge < -0.3 is 5.32 Å². The fraction of sp³-hybridized carbons (Fsp3) is 0.562. The molecule has 1 amide bonds. The van der Waals surface area contributed by atoms with E-state index < -0.39 is 0 Å². The predicted octanol–water partition coefficient (Wildman–Crippen LogP) is 3.12. The van der Waals surface area contributed by atoms with E-state index in [0.29, 0.717) is 0 Å². The first-order valence-corrected chi connectivity index (χ1v) is 7.20. The van der Waals surface area contributed by atoms with Crippen molar-refractivity contribution in [2.24, 2.45) is 0 Å². The minimum absolute atomic E-state index is 0.0423. The fourth-order valence-electron chi connectivity index (χ4n) is 2.71. The number of aryl methyl sites for hydroxylation is 2. The number of nitrogens with zero attached hydrogens (tertiary/aromatic N) is 1. The van der Waals surface area contributed by atoms with Gasteiger partial charge >= 0.3 is 0 Å². The van der Waals surface area contributed by atoms with E-state index in [1.165, 1.54) is 19.3 Å². The first kappa shape index (κ1) is 14.1. The highest BCUT2D eigenvalue weighted by atomic mass is 16.2. The first-order valence-electron chi connectivity index (χ1n) is 7.20. The number of nitrogens with one attached hydrogen (secondary N) is 1. The summed E-state index contributed by atoms with van der Waals surface area (Å²) in [6.07, 6.45) is 3.71. The maximum atomic E-state index is 12.4. The molecular formula is C16H24N2O. The number of rotatable bonds is 3. The molecule has 1 atom stereocenters. The Hall–Kier alpha value is -1.35. The summed E-state index contributed by atoms with van der Waals surface area (Å²) in [6.45, 7) is 8.17. The monoisotopic (exact) mass is 260 g/mol. The third kappa shape index (κ3) is 3.35. The van der Waals surface area contributed by atoms with Gasteiger partial charge in [0.15, 0.2) is 0 Å². The van der Waals surface area contributed by atoms with Crippen LogP contribution in [0.1, 0.15) is 37.3 Å². The Morgan fingerprint density at radius 1 is 1.16 bits per heavy atom. The Morgan fingerprint density at radius 2 is 1.74 bits per heavy atom. The van der Waals surface area contributed by atoms with Gasteiger partial charge in [-0.2, -0.15) is 0 Å². The topological polar surface area (TPSA) is 32.3 Å². The molecule has 1 aromatic rings. The van der Waals surface area contributed by atoms with Crippen molar-refractivity contribution in [3.05, 3.63) is 29.3 Å². The lowest BCUT2D eigenvalue weighted by Crippen LogP contribution is -2.44. The van der Waals surface area contributed by atoms with Crippen molar-refractivity contribution in [1.29, 1.82) is 0 Å². The molecule has 1 N–H and O–H groups in total. The Kier molecular flexibility index (Phi) is 4.59. The number of piperidine rings is 1. The van der Waals surface area contributed by atoms with Crippen LogP contribution in [0.2, 0.25) is 0 Å². The van der Waals surface area contributed by atoms with Gasteiger partial charge in [-0.3, -0.25) is 9.69 Å². The highest BCUT2D eigenvalue weighted by molar-refractivity contribution is 5.95. The second-order valence-corrected chi connectivity index (χ2v) is 5.53. The molecule has 1 fully saturated rings. The fourth-order valence-corrected chi connectivity index (χ4v) is 2.71. The van der Waals surface area contributed by atoms with Crippen LogP contribution < -0.4 is 5.32 Å². The first-order chi connectivity index (χ1) is 9.09. The number of anilines is 1. The van der Waals surface area contributed by atoms with Gasteiger partial charge in [0.25, 0.3) is 0 Å². The third-order valence-electron chi connectivity index (χ3n) is 4.05. The Labute approximate surface area is 116 Å². The Balaban J connectivity index is 2.04. The molecule has 3 nitrogen and oxygen atoms in total. The molecule has 1 heterocycles. The van der Waals surface area contributed by atoms with E-state index >= 15 is 0 Å². The number of carbonyl (C=O) groups excluding carboxylic acids is 1. The SMILES string of the molecule is Cc1cccc(C)c1NC(=O)[C@H](C)N1CCCCC1. The van der Waals surface area contributed by atoms with Crippen LogP contribution in [-0.2, 0) is 4.79 Å². The number of amides is 1. The lowest BCUT2D eigenvalue weighted by molar-refractivity contribution is -0.121. The van der Waals surface area contributed by atoms with E-state index in [2.05, 4.69) is 10.2 Å². The van der Waals surface area contributed by atoms with Crippen LogP contribution in [0.5, 0.6) is 0 Å². The summed E-state index contributed by atoms with van der Waals surface area (Å²) in [5.41, 5.74) is 3.22. The third-order valence-corrected chi connectivity index (χ3v) is 4.05. The van der Waals surface area contributed by atoms with E-state index in [-0.39, 0.29) is 11.9 Å². The van der Waals surface area contributed by atoms with Crippen LogP contribution in [0.4, 0.5) is 5.69 Å². The van der Waals surface area contributed by atoms with E-state index in [0.717, 1.165) is 29.9 Å². The van der Waals surface area contributed by atoms with Crippen LogP contribution in [0.3, 0.4) is 0 Å². The van der Waals surface area contributed by atoms with Crippen molar-refractivity contribution in [3.63, 3.8) is 0 Å². The summed E-state index contributed by atoms with van der Waals surface area (Å²) in [5.74, 6) is 0.110. The van der Waals surface area contributed by atoms with Crippen molar-refractivity contribution in [3.8, 4) is 0 Å². The molecule has 19 heavy (non-hydrogen) atoms. The van der Waals surface area contributed by atoms with Gasteiger partial charge in [-0.05, 0) is 57.8 Å². The van der Waals surface area contributed by atoms with Crippen LogP contribution in [0.15, 0.2) is 18.2 Å². The van der Waals surface area contributed by atoms with Crippen LogP contribution in [-0.4, -0.2) is 29.9 Å². The maximum absolute atomic E-state index is 12.4. The van der Waals surface area contributed by atoms with Gasteiger partial charge in [-0.1, -0.05) is 24.6 Å². The van der Waals surface area contributed by atoms with Gasteiger partial charge in [-0.25, -0.2) is 0 Å². The average Bonchev–Trinajstić information content (AvgIpc) is 2.43. The standard InChI is InChI=1S/C16H24N2O/c1-12-8-7-9-13(2)15(12)17-16(19)14(3)18-10-5-4-6-11-18/h7-9,14H,4-6,10-11H2,1-3H3,(H,17,19)/t14-/m0/s1. The highest BCUT2D eigenvalue weighted by Crippen LogP contribution is 2.20. The van der Waals surface area contributed by atoms with Gasteiger partial charge in [0.05, 0.1) is 6.04 Å². The minimum Gasteiger partial charge on any atom is -0.324 e. The number of hydrogen-bond donors (Lipinski definition) is 1. The summed E-state index contributed by atoms with van der Waals surface area (Å²) in [6, 6.07) is 6.05. The molecule has 1 aromatic carbocycles. The van der Waals surface area contributed by atoms with Crippen LogP contribution >= 0.6 is 0 Å². The lowest BCUT2D eigenvalue weighted by Gasteiger charge is -2.31. The van der Waals surface area contributed by atoms with Crippen molar-refractivity contribution in [1.82, 2.24) is 4.90 Å². The van der Waals surface area contributed by atoms with Crippen LogP contribution in [0.25, 0.3) is 0 Å². The number of carbonyl (C=O) groups is 1. The molecule has 0 radical (unpaired) electrons.